The van der Waals surface area contributed by atoms with Crippen LogP contribution in [0.4, 0.5) is 0 Å². The Balaban J connectivity index is 2.12. The van der Waals surface area contributed by atoms with Gasteiger partial charge in [0.25, 0.3) is 0 Å². The number of fused-ring (bicyclic) bond motifs is 1. The predicted molar refractivity (Wildman–Crippen MR) is 98.6 cm³/mol. The number of benzene rings is 2. The molecule has 118 valence electrons. The molecule has 2 aromatic carbocycles. The molecule has 2 nitrogen and oxygen atoms in total. The van der Waals surface area contributed by atoms with Crippen molar-refractivity contribution in [2.75, 3.05) is 0 Å². The monoisotopic (exact) mass is 344 g/mol. The Morgan fingerprint density at radius 1 is 1.17 bits per heavy atom. The number of aryl methyl sites for hydroxylation is 1. The molecule has 4 heteroatoms. The molecule has 0 radical (unpaired) electrons. The Hall–Kier alpha value is -1.77. The van der Waals surface area contributed by atoms with Gasteiger partial charge in [-0.25, -0.2) is 0 Å². The van der Waals surface area contributed by atoms with Gasteiger partial charge >= 0.3 is 0 Å². The zero-order valence-electron chi connectivity index (χ0n) is 13.0. The highest BCUT2D eigenvalue weighted by Crippen LogP contribution is 2.28. The van der Waals surface area contributed by atoms with Crippen molar-refractivity contribution in [1.29, 1.82) is 0 Å². The van der Waals surface area contributed by atoms with Crippen LogP contribution in [-0.2, 0) is 19.4 Å². The van der Waals surface area contributed by atoms with Crippen molar-refractivity contribution in [3.05, 3.63) is 75.9 Å². The average molecular weight is 345 g/mol. The molecule has 0 aliphatic carbocycles. The van der Waals surface area contributed by atoms with Crippen LogP contribution in [0.1, 0.15) is 23.7 Å². The minimum absolute atomic E-state index is 0.562. The van der Waals surface area contributed by atoms with E-state index in [1.165, 1.54) is 10.9 Å². The van der Waals surface area contributed by atoms with Gasteiger partial charge in [-0.05, 0) is 36.6 Å². The topological polar surface area (TPSA) is 17.8 Å². The fraction of sp³-hybridized carbons (Fsp3) is 0.211. The van der Waals surface area contributed by atoms with E-state index >= 15 is 0 Å². The van der Waals surface area contributed by atoms with Crippen LogP contribution in [0.25, 0.3) is 10.9 Å². The SMILES string of the molecule is C=CCc1ccc2c(CC)nn(Cc3c(Cl)cccc3Cl)c2c1. The van der Waals surface area contributed by atoms with Gasteiger partial charge in [-0.1, -0.05) is 54.4 Å². The summed E-state index contributed by atoms with van der Waals surface area (Å²) in [6.45, 7) is 6.49. The maximum atomic E-state index is 6.31. The van der Waals surface area contributed by atoms with Crippen molar-refractivity contribution in [1.82, 2.24) is 9.78 Å². The summed E-state index contributed by atoms with van der Waals surface area (Å²) in [5, 5.41) is 7.28. The van der Waals surface area contributed by atoms with E-state index in [0.717, 1.165) is 29.6 Å². The van der Waals surface area contributed by atoms with Crippen LogP contribution in [0.3, 0.4) is 0 Å². The second kappa shape index (κ2) is 6.77. The van der Waals surface area contributed by atoms with Gasteiger partial charge in [0.2, 0.25) is 0 Å². The average Bonchev–Trinajstić information content (AvgIpc) is 2.89. The minimum atomic E-state index is 0.562. The highest BCUT2D eigenvalue weighted by atomic mass is 35.5. The molecule has 0 saturated heterocycles. The van der Waals surface area contributed by atoms with E-state index in [-0.39, 0.29) is 0 Å². The van der Waals surface area contributed by atoms with Gasteiger partial charge in [0, 0.05) is 21.0 Å². The molecular weight excluding hydrogens is 327 g/mol. The molecule has 0 aliphatic heterocycles. The summed E-state index contributed by atoms with van der Waals surface area (Å²) >= 11 is 12.6. The zero-order valence-corrected chi connectivity index (χ0v) is 14.5. The van der Waals surface area contributed by atoms with E-state index in [1.807, 2.05) is 29.0 Å². The van der Waals surface area contributed by atoms with E-state index in [2.05, 4.69) is 31.7 Å². The molecule has 0 unspecified atom stereocenters. The first kappa shape index (κ1) is 16.1. The smallest absolute Gasteiger partial charge is 0.0700 e. The fourth-order valence-corrected chi connectivity index (χ4v) is 3.31. The van der Waals surface area contributed by atoms with Gasteiger partial charge in [0.1, 0.15) is 0 Å². The van der Waals surface area contributed by atoms with Crippen LogP contribution >= 0.6 is 23.2 Å². The summed E-state index contributed by atoms with van der Waals surface area (Å²) in [5.74, 6) is 0. The van der Waals surface area contributed by atoms with Crippen molar-refractivity contribution in [2.24, 2.45) is 0 Å². The van der Waals surface area contributed by atoms with E-state index in [0.29, 0.717) is 16.6 Å². The van der Waals surface area contributed by atoms with E-state index < -0.39 is 0 Å². The number of nitrogens with zero attached hydrogens (tertiary/aromatic N) is 2. The zero-order chi connectivity index (χ0) is 16.4. The first-order chi connectivity index (χ1) is 11.1. The largest absolute Gasteiger partial charge is 0.260 e. The first-order valence-corrected chi connectivity index (χ1v) is 8.41. The molecule has 0 saturated carbocycles. The molecule has 3 aromatic rings. The predicted octanol–water partition coefficient (Wildman–Crippen LogP) is 5.68. The minimum Gasteiger partial charge on any atom is -0.260 e. The number of halogens is 2. The molecule has 0 atom stereocenters. The summed E-state index contributed by atoms with van der Waals surface area (Å²) in [6.07, 6.45) is 3.64. The summed E-state index contributed by atoms with van der Waals surface area (Å²) in [6, 6.07) is 12.0. The molecule has 23 heavy (non-hydrogen) atoms. The lowest BCUT2D eigenvalue weighted by Gasteiger charge is -2.08. The molecule has 1 heterocycles. The van der Waals surface area contributed by atoms with E-state index in [1.54, 1.807) is 0 Å². The van der Waals surface area contributed by atoms with Crippen LogP contribution in [0.15, 0.2) is 49.1 Å². The Labute approximate surface area is 146 Å². The van der Waals surface area contributed by atoms with Crippen LogP contribution in [0, 0.1) is 0 Å². The Bertz CT molecular complexity index is 845. The van der Waals surface area contributed by atoms with Crippen LogP contribution in [-0.4, -0.2) is 9.78 Å². The number of rotatable bonds is 5. The maximum Gasteiger partial charge on any atom is 0.0700 e. The molecule has 1 aromatic heterocycles. The lowest BCUT2D eigenvalue weighted by atomic mass is 10.1. The van der Waals surface area contributed by atoms with Crippen molar-refractivity contribution in [2.45, 2.75) is 26.3 Å². The van der Waals surface area contributed by atoms with Gasteiger partial charge in [0.05, 0.1) is 17.8 Å². The standard InChI is InChI=1S/C19H18Cl2N2/c1-3-6-13-9-10-14-18(4-2)22-23(19(14)11-13)12-15-16(20)7-5-8-17(15)21/h3,5,7-11H,1,4,6,12H2,2H3. The number of hydrogen-bond donors (Lipinski definition) is 0. The quantitative estimate of drug-likeness (QED) is 0.544. The highest BCUT2D eigenvalue weighted by molar-refractivity contribution is 6.36. The second-order valence-corrected chi connectivity index (χ2v) is 6.32. The van der Waals surface area contributed by atoms with E-state index in [9.17, 15) is 0 Å². The summed E-state index contributed by atoms with van der Waals surface area (Å²) in [4.78, 5) is 0. The first-order valence-electron chi connectivity index (χ1n) is 7.66. The van der Waals surface area contributed by atoms with Crippen molar-refractivity contribution < 1.29 is 0 Å². The lowest BCUT2D eigenvalue weighted by molar-refractivity contribution is 0.696. The van der Waals surface area contributed by atoms with Crippen molar-refractivity contribution in [3.63, 3.8) is 0 Å². The maximum absolute atomic E-state index is 6.31. The molecular formula is C19H18Cl2N2. The van der Waals surface area contributed by atoms with Crippen molar-refractivity contribution in [3.8, 4) is 0 Å². The molecule has 3 rings (SSSR count). The molecule has 0 N–H and O–H groups in total. The Morgan fingerprint density at radius 3 is 2.57 bits per heavy atom. The second-order valence-electron chi connectivity index (χ2n) is 5.50. The van der Waals surface area contributed by atoms with Gasteiger partial charge in [-0.15, -0.1) is 6.58 Å². The summed E-state index contributed by atoms with van der Waals surface area (Å²) in [7, 11) is 0. The number of allylic oxidation sites excluding steroid dienone is 1. The molecule has 0 bridgehead atoms. The Kier molecular flexibility index (Phi) is 4.74. The van der Waals surface area contributed by atoms with Crippen LogP contribution in [0.2, 0.25) is 10.0 Å². The third-order valence-electron chi connectivity index (χ3n) is 3.98. The van der Waals surface area contributed by atoms with Gasteiger partial charge < -0.3 is 0 Å². The van der Waals surface area contributed by atoms with Gasteiger partial charge in [-0.2, -0.15) is 5.10 Å². The fourth-order valence-electron chi connectivity index (χ4n) is 2.80. The summed E-state index contributed by atoms with van der Waals surface area (Å²) in [5.41, 5.74) is 4.32. The highest BCUT2D eigenvalue weighted by Gasteiger charge is 2.13. The molecule has 0 spiro atoms. The number of aromatic nitrogens is 2. The molecule has 0 amide bonds. The van der Waals surface area contributed by atoms with Gasteiger partial charge in [0.15, 0.2) is 0 Å². The third kappa shape index (κ3) is 3.15. The van der Waals surface area contributed by atoms with Gasteiger partial charge in [-0.3, -0.25) is 4.68 Å². The van der Waals surface area contributed by atoms with Crippen LogP contribution in [0.5, 0.6) is 0 Å². The lowest BCUT2D eigenvalue weighted by Crippen LogP contribution is -2.03. The molecule has 0 aliphatic rings. The summed E-state index contributed by atoms with van der Waals surface area (Å²) < 4.78 is 1.99. The van der Waals surface area contributed by atoms with Crippen LogP contribution < -0.4 is 0 Å². The molecule has 0 fully saturated rings. The number of hydrogen-bond acceptors (Lipinski definition) is 1. The Morgan fingerprint density at radius 2 is 1.91 bits per heavy atom. The normalized spacial score (nSPS) is 11.1. The van der Waals surface area contributed by atoms with Crippen molar-refractivity contribution >= 4 is 34.1 Å². The third-order valence-corrected chi connectivity index (χ3v) is 4.69. The van der Waals surface area contributed by atoms with E-state index in [4.69, 9.17) is 28.3 Å².